The molecule has 0 bridgehead atoms. The highest BCUT2D eigenvalue weighted by atomic mass is 32.1. The van der Waals surface area contributed by atoms with Crippen molar-refractivity contribution in [3.05, 3.63) is 52.2 Å². The van der Waals surface area contributed by atoms with E-state index < -0.39 is 0 Å². The first-order valence-corrected chi connectivity index (χ1v) is 8.91. The molecule has 1 aromatic carbocycles. The summed E-state index contributed by atoms with van der Waals surface area (Å²) in [6.45, 7) is 2.73. The fraction of sp³-hybridized carbons (Fsp3) is 0.389. The number of carbonyl (C=O) groups is 1. The Labute approximate surface area is 141 Å². The predicted octanol–water partition coefficient (Wildman–Crippen LogP) is 3.32. The molecule has 1 aromatic heterocycles. The van der Waals surface area contributed by atoms with Crippen molar-refractivity contribution < 1.29 is 9.53 Å². The third-order valence-corrected chi connectivity index (χ3v) is 5.00. The molecule has 0 saturated carbocycles. The summed E-state index contributed by atoms with van der Waals surface area (Å²) in [6.07, 6.45) is 2.42. The quantitative estimate of drug-likeness (QED) is 0.883. The van der Waals surface area contributed by atoms with Crippen molar-refractivity contribution in [2.24, 2.45) is 0 Å². The maximum atomic E-state index is 12.3. The second kappa shape index (κ2) is 7.62. The molecule has 5 heteroatoms. The number of amides is 1. The lowest BCUT2D eigenvalue weighted by molar-refractivity contribution is 0.0938. The minimum Gasteiger partial charge on any atom is -0.496 e. The zero-order valence-corrected chi connectivity index (χ0v) is 14.1. The van der Waals surface area contributed by atoms with Crippen molar-refractivity contribution >= 4 is 17.2 Å². The lowest BCUT2D eigenvalue weighted by Gasteiger charge is -2.29. The molecule has 0 aliphatic carbocycles. The summed E-state index contributed by atoms with van der Waals surface area (Å²) in [6, 6.07) is 10.1. The van der Waals surface area contributed by atoms with E-state index in [9.17, 15) is 4.79 Å². The van der Waals surface area contributed by atoms with E-state index in [-0.39, 0.29) is 11.9 Å². The Morgan fingerprint density at radius 3 is 2.78 bits per heavy atom. The minimum atomic E-state index is -0.00894. The van der Waals surface area contributed by atoms with Gasteiger partial charge in [-0.25, -0.2) is 0 Å². The van der Waals surface area contributed by atoms with Gasteiger partial charge in [0.05, 0.1) is 13.2 Å². The average molecular weight is 330 g/mol. The van der Waals surface area contributed by atoms with Gasteiger partial charge in [-0.3, -0.25) is 9.69 Å². The number of nitrogens with zero attached hydrogens (tertiary/aromatic N) is 1. The van der Waals surface area contributed by atoms with Crippen LogP contribution in [-0.4, -0.2) is 37.6 Å². The SMILES string of the molecule is COc1ccccc1C(CNC(=O)c1ccsc1)N1CCCC1. The number of para-hydroxylation sites is 1. The average Bonchev–Trinajstić information content (AvgIpc) is 3.29. The second-order valence-corrected chi connectivity index (χ2v) is 6.50. The number of thiophene rings is 1. The minimum absolute atomic E-state index is 0.00894. The molecule has 1 N–H and O–H groups in total. The Morgan fingerprint density at radius 1 is 1.30 bits per heavy atom. The summed E-state index contributed by atoms with van der Waals surface area (Å²) in [7, 11) is 1.70. The van der Waals surface area contributed by atoms with Gasteiger partial charge < -0.3 is 10.1 Å². The second-order valence-electron chi connectivity index (χ2n) is 5.72. The maximum Gasteiger partial charge on any atom is 0.252 e. The number of carbonyl (C=O) groups excluding carboxylic acids is 1. The van der Waals surface area contributed by atoms with Crippen molar-refractivity contribution in [2.75, 3.05) is 26.7 Å². The van der Waals surface area contributed by atoms with Crippen LogP contribution in [0.4, 0.5) is 0 Å². The molecule has 23 heavy (non-hydrogen) atoms. The van der Waals surface area contributed by atoms with Crippen molar-refractivity contribution in [2.45, 2.75) is 18.9 Å². The van der Waals surface area contributed by atoms with Crippen LogP contribution < -0.4 is 10.1 Å². The van der Waals surface area contributed by atoms with Crippen LogP contribution in [0, 0.1) is 0 Å². The first-order chi connectivity index (χ1) is 11.3. The molecular weight excluding hydrogens is 308 g/mol. The van der Waals surface area contributed by atoms with Crippen molar-refractivity contribution in [1.29, 1.82) is 0 Å². The molecule has 122 valence electrons. The van der Waals surface area contributed by atoms with E-state index in [0.29, 0.717) is 6.54 Å². The molecule has 1 unspecified atom stereocenters. The van der Waals surface area contributed by atoms with Gasteiger partial charge in [0.2, 0.25) is 0 Å². The number of ether oxygens (including phenoxy) is 1. The molecule has 1 amide bonds. The number of hydrogen-bond donors (Lipinski definition) is 1. The van der Waals surface area contributed by atoms with Gasteiger partial charge in [-0.05, 0) is 43.4 Å². The van der Waals surface area contributed by atoms with Crippen molar-refractivity contribution in [3.8, 4) is 5.75 Å². The molecule has 2 aromatic rings. The molecule has 0 spiro atoms. The number of nitrogens with one attached hydrogen (secondary N) is 1. The standard InChI is InChI=1S/C18H22N2O2S/c1-22-17-7-3-2-6-15(17)16(20-9-4-5-10-20)12-19-18(21)14-8-11-23-13-14/h2-3,6-8,11,13,16H,4-5,9-10,12H2,1H3,(H,19,21). The highest BCUT2D eigenvalue weighted by Crippen LogP contribution is 2.31. The number of rotatable bonds is 6. The maximum absolute atomic E-state index is 12.3. The molecule has 1 atom stereocenters. The van der Waals surface area contributed by atoms with Crippen molar-refractivity contribution in [3.63, 3.8) is 0 Å². The van der Waals surface area contributed by atoms with Crippen LogP contribution in [0.1, 0.15) is 34.8 Å². The van der Waals surface area contributed by atoms with Crippen LogP contribution in [0.5, 0.6) is 5.75 Å². The van der Waals surface area contributed by atoms with Crippen molar-refractivity contribution in [1.82, 2.24) is 10.2 Å². The highest BCUT2D eigenvalue weighted by molar-refractivity contribution is 7.08. The van der Waals surface area contributed by atoms with E-state index in [1.165, 1.54) is 24.2 Å². The van der Waals surface area contributed by atoms with Gasteiger partial charge in [0.25, 0.3) is 5.91 Å². The molecular formula is C18H22N2O2S. The van der Waals surface area contributed by atoms with Crippen LogP contribution in [0.25, 0.3) is 0 Å². The summed E-state index contributed by atoms with van der Waals surface area (Å²) in [5, 5.41) is 6.88. The van der Waals surface area contributed by atoms with Crippen LogP contribution in [-0.2, 0) is 0 Å². The lowest BCUT2D eigenvalue weighted by Crippen LogP contribution is -2.36. The van der Waals surface area contributed by atoms with Gasteiger partial charge in [0, 0.05) is 23.1 Å². The third-order valence-electron chi connectivity index (χ3n) is 4.32. The van der Waals surface area contributed by atoms with Gasteiger partial charge in [-0.1, -0.05) is 18.2 Å². The normalized spacial score (nSPS) is 16.2. The number of benzene rings is 1. The third kappa shape index (κ3) is 3.74. The summed E-state index contributed by atoms with van der Waals surface area (Å²) in [5.41, 5.74) is 1.87. The summed E-state index contributed by atoms with van der Waals surface area (Å²) >= 11 is 1.54. The lowest BCUT2D eigenvalue weighted by atomic mass is 10.0. The van der Waals surface area contributed by atoms with Crippen LogP contribution in [0.15, 0.2) is 41.1 Å². The van der Waals surface area contributed by atoms with Crippen LogP contribution in [0.3, 0.4) is 0 Å². The van der Waals surface area contributed by atoms with Crippen LogP contribution >= 0.6 is 11.3 Å². The van der Waals surface area contributed by atoms with E-state index in [1.54, 1.807) is 7.11 Å². The van der Waals surface area contributed by atoms with Gasteiger partial charge in [-0.2, -0.15) is 11.3 Å². The zero-order chi connectivity index (χ0) is 16.1. The molecule has 2 heterocycles. The molecule has 0 radical (unpaired) electrons. The smallest absolute Gasteiger partial charge is 0.252 e. The Hall–Kier alpha value is -1.85. The topological polar surface area (TPSA) is 41.6 Å². The summed E-state index contributed by atoms with van der Waals surface area (Å²) in [4.78, 5) is 14.7. The Kier molecular flexibility index (Phi) is 5.31. The Morgan fingerprint density at radius 2 is 2.09 bits per heavy atom. The molecule has 4 nitrogen and oxygen atoms in total. The summed E-state index contributed by atoms with van der Waals surface area (Å²) in [5.74, 6) is 0.875. The van der Waals surface area contributed by atoms with Gasteiger partial charge in [-0.15, -0.1) is 0 Å². The molecule has 1 aliphatic rings. The predicted molar refractivity (Wildman–Crippen MR) is 93.2 cm³/mol. The fourth-order valence-corrected chi connectivity index (χ4v) is 3.75. The Balaban J connectivity index is 1.77. The van der Waals surface area contributed by atoms with Gasteiger partial charge >= 0.3 is 0 Å². The van der Waals surface area contributed by atoms with E-state index >= 15 is 0 Å². The van der Waals surface area contributed by atoms with E-state index in [0.717, 1.165) is 30.0 Å². The summed E-state index contributed by atoms with van der Waals surface area (Å²) < 4.78 is 5.53. The molecule has 1 aliphatic heterocycles. The van der Waals surface area contributed by atoms with Gasteiger partial charge in [0.15, 0.2) is 0 Å². The van der Waals surface area contributed by atoms with E-state index in [1.807, 2.05) is 35.0 Å². The van der Waals surface area contributed by atoms with E-state index in [4.69, 9.17) is 4.74 Å². The largest absolute Gasteiger partial charge is 0.496 e. The monoisotopic (exact) mass is 330 g/mol. The zero-order valence-electron chi connectivity index (χ0n) is 13.3. The first-order valence-electron chi connectivity index (χ1n) is 7.97. The number of methoxy groups -OCH3 is 1. The van der Waals surface area contributed by atoms with E-state index in [2.05, 4.69) is 16.3 Å². The first kappa shape index (κ1) is 16.0. The molecule has 1 fully saturated rings. The Bertz CT molecular complexity index is 636. The fourth-order valence-electron chi connectivity index (χ4n) is 3.12. The number of hydrogen-bond acceptors (Lipinski definition) is 4. The molecule has 3 rings (SSSR count). The van der Waals surface area contributed by atoms with Gasteiger partial charge in [0.1, 0.15) is 5.75 Å². The molecule has 1 saturated heterocycles. The highest BCUT2D eigenvalue weighted by Gasteiger charge is 2.26. The van der Waals surface area contributed by atoms with Crippen LogP contribution in [0.2, 0.25) is 0 Å². The number of likely N-dealkylation sites (tertiary alicyclic amines) is 1.